The van der Waals surface area contributed by atoms with Crippen LogP contribution in [0.15, 0.2) is 0 Å². The molecule has 2 aliphatic rings. The van der Waals surface area contributed by atoms with Crippen LogP contribution in [-0.4, -0.2) is 25.2 Å². The van der Waals surface area contributed by atoms with E-state index in [0.717, 1.165) is 17.9 Å². The van der Waals surface area contributed by atoms with Crippen molar-refractivity contribution in [2.24, 2.45) is 11.8 Å². The number of nitrogens with one attached hydrogen (secondary N) is 2. The quantitative estimate of drug-likeness (QED) is 0.619. The van der Waals surface area contributed by atoms with E-state index in [-0.39, 0.29) is 0 Å². The molecule has 16 heavy (non-hydrogen) atoms. The zero-order chi connectivity index (χ0) is 11.4. The summed E-state index contributed by atoms with van der Waals surface area (Å²) in [5.74, 6) is 2.00. The fourth-order valence-corrected chi connectivity index (χ4v) is 2.63. The molecule has 0 aliphatic heterocycles. The van der Waals surface area contributed by atoms with Gasteiger partial charge in [-0.15, -0.1) is 0 Å². The predicted octanol–water partition coefficient (Wildman–Crippen LogP) is 2.54. The molecule has 0 spiro atoms. The summed E-state index contributed by atoms with van der Waals surface area (Å²) in [5.41, 5.74) is 0. The molecule has 2 aliphatic carbocycles. The van der Waals surface area contributed by atoms with Crippen LogP contribution >= 0.6 is 0 Å². The molecule has 2 nitrogen and oxygen atoms in total. The van der Waals surface area contributed by atoms with Gasteiger partial charge in [-0.05, 0) is 63.5 Å². The summed E-state index contributed by atoms with van der Waals surface area (Å²) in [6, 6.07) is 1.54. The van der Waals surface area contributed by atoms with Crippen LogP contribution < -0.4 is 10.6 Å². The van der Waals surface area contributed by atoms with Gasteiger partial charge in [0.1, 0.15) is 0 Å². The summed E-state index contributed by atoms with van der Waals surface area (Å²) >= 11 is 0. The molecule has 2 unspecified atom stereocenters. The summed E-state index contributed by atoms with van der Waals surface area (Å²) in [6.07, 6.45) is 8.62. The summed E-state index contributed by atoms with van der Waals surface area (Å²) in [6.45, 7) is 6.99. The Bertz CT molecular complexity index is 199. The van der Waals surface area contributed by atoms with Gasteiger partial charge < -0.3 is 10.6 Å². The Hall–Kier alpha value is -0.0800. The molecular weight excluding hydrogens is 196 g/mol. The predicted molar refractivity (Wildman–Crippen MR) is 69.6 cm³/mol. The zero-order valence-electron chi connectivity index (χ0n) is 11.0. The van der Waals surface area contributed by atoms with E-state index in [1.165, 1.54) is 51.6 Å². The first kappa shape index (κ1) is 12.4. The van der Waals surface area contributed by atoms with Crippen LogP contribution in [0, 0.1) is 11.8 Å². The highest BCUT2D eigenvalue weighted by Crippen LogP contribution is 2.37. The molecule has 2 rings (SSSR count). The van der Waals surface area contributed by atoms with Crippen molar-refractivity contribution in [2.45, 2.75) is 64.5 Å². The molecule has 94 valence electrons. The van der Waals surface area contributed by atoms with Gasteiger partial charge in [-0.2, -0.15) is 0 Å². The lowest BCUT2D eigenvalue weighted by Crippen LogP contribution is -2.38. The lowest BCUT2D eigenvalue weighted by Gasteiger charge is -2.37. The molecule has 2 saturated carbocycles. The second-order valence-electron chi connectivity index (χ2n) is 6.03. The Morgan fingerprint density at radius 2 is 1.81 bits per heavy atom. The average Bonchev–Trinajstić information content (AvgIpc) is 2.99. The molecule has 0 saturated heterocycles. The lowest BCUT2D eigenvalue weighted by atomic mass is 9.71. The van der Waals surface area contributed by atoms with Gasteiger partial charge in [0.05, 0.1) is 0 Å². The van der Waals surface area contributed by atoms with E-state index in [9.17, 15) is 0 Å². The first-order valence-corrected chi connectivity index (χ1v) is 7.22. The highest BCUT2D eigenvalue weighted by molar-refractivity contribution is 4.84. The standard InChI is InChI=1S/C14H28N2/c1-11(2)16-10-13-6-5-12(13)4-3-9-15-14-7-8-14/h11-16H,3-10H2,1-2H3. The Morgan fingerprint density at radius 3 is 2.38 bits per heavy atom. The van der Waals surface area contributed by atoms with E-state index < -0.39 is 0 Å². The third-order valence-corrected chi connectivity index (χ3v) is 4.13. The van der Waals surface area contributed by atoms with Crippen LogP contribution in [0.4, 0.5) is 0 Å². The molecule has 2 fully saturated rings. The van der Waals surface area contributed by atoms with Gasteiger partial charge in [-0.1, -0.05) is 13.8 Å². The van der Waals surface area contributed by atoms with E-state index in [2.05, 4.69) is 24.5 Å². The van der Waals surface area contributed by atoms with E-state index in [1.54, 1.807) is 0 Å². The first-order chi connectivity index (χ1) is 7.75. The molecule has 2 heteroatoms. The van der Waals surface area contributed by atoms with E-state index in [0.29, 0.717) is 6.04 Å². The third-order valence-electron chi connectivity index (χ3n) is 4.13. The third kappa shape index (κ3) is 4.06. The zero-order valence-corrected chi connectivity index (χ0v) is 11.0. The van der Waals surface area contributed by atoms with Gasteiger partial charge in [0.15, 0.2) is 0 Å². The van der Waals surface area contributed by atoms with E-state index >= 15 is 0 Å². The van der Waals surface area contributed by atoms with Crippen LogP contribution in [-0.2, 0) is 0 Å². The minimum absolute atomic E-state index is 0.651. The van der Waals surface area contributed by atoms with Gasteiger partial charge in [-0.25, -0.2) is 0 Å². The van der Waals surface area contributed by atoms with Crippen molar-refractivity contribution in [2.75, 3.05) is 13.1 Å². The van der Waals surface area contributed by atoms with E-state index in [1.807, 2.05) is 0 Å². The van der Waals surface area contributed by atoms with Gasteiger partial charge >= 0.3 is 0 Å². The maximum Gasteiger partial charge on any atom is 0.00682 e. The van der Waals surface area contributed by atoms with Gasteiger partial charge in [0.25, 0.3) is 0 Å². The highest BCUT2D eigenvalue weighted by atomic mass is 14.9. The molecule has 0 aromatic rings. The van der Waals surface area contributed by atoms with Crippen LogP contribution in [0.5, 0.6) is 0 Å². The second kappa shape index (κ2) is 6.02. The first-order valence-electron chi connectivity index (χ1n) is 7.22. The Morgan fingerprint density at radius 1 is 1.06 bits per heavy atom. The number of hydrogen-bond acceptors (Lipinski definition) is 2. The smallest absolute Gasteiger partial charge is 0.00682 e. The van der Waals surface area contributed by atoms with Crippen molar-refractivity contribution >= 4 is 0 Å². The van der Waals surface area contributed by atoms with Crippen molar-refractivity contribution in [3.8, 4) is 0 Å². The van der Waals surface area contributed by atoms with Gasteiger partial charge in [-0.3, -0.25) is 0 Å². The molecule has 0 amide bonds. The average molecular weight is 224 g/mol. The fourth-order valence-electron chi connectivity index (χ4n) is 2.63. The monoisotopic (exact) mass is 224 g/mol. The lowest BCUT2D eigenvalue weighted by molar-refractivity contribution is 0.154. The van der Waals surface area contributed by atoms with Crippen molar-refractivity contribution < 1.29 is 0 Å². The molecule has 2 N–H and O–H groups in total. The van der Waals surface area contributed by atoms with E-state index in [4.69, 9.17) is 0 Å². The van der Waals surface area contributed by atoms with Gasteiger partial charge in [0, 0.05) is 12.1 Å². The van der Waals surface area contributed by atoms with Crippen LogP contribution in [0.3, 0.4) is 0 Å². The molecule has 0 aromatic carbocycles. The topological polar surface area (TPSA) is 24.1 Å². The number of hydrogen-bond donors (Lipinski definition) is 2. The Kier molecular flexibility index (Phi) is 4.66. The molecule has 2 atom stereocenters. The maximum atomic E-state index is 3.61. The summed E-state index contributed by atoms with van der Waals surface area (Å²) < 4.78 is 0. The molecule has 0 radical (unpaired) electrons. The maximum absolute atomic E-state index is 3.61. The molecule has 0 heterocycles. The van der Waals surface area contributed by atoms with Crippen LogP contribution in [0.2, 0.25) is 0 Å². The summed E-state index contributed by atoms with van der Waals surface area (Å²) in [7, 11) is 0. The number of rotatable bonds is 8. The Labute approximate surface area is 101 Å². The normalized spacial score (nSPS) is 29.4. The van der Waals surface area contributed by atoms with Crippen LogP contribution in [0.1, 0.15) is 52.4 Å². The van der Waals surface area contributed by atoms with Crippen molar-refractivity contribution in [1.29, 1.82) is 0 Å². The molecular formula is C14H28N2. The minimum atomic E-state index is 0.651. The van der Waals surface area contributed by atoms with Crippen LogP contribution in [0.25, 0.3) is 0 Å². The molecule has 0 aromatic heterocycles. The summed E-state index contributed by atoms with van der Waals surface area (Å²) in [5, 5.41) is 7.19. The largest absolute Gasteiger partial charge is 0.314 e. The minimum Gasteiger partial charge on any atom is -0.314 e. The second-order valence-corrected chi connectivity index (χ2v) is 6.03. The van der Waals surface area contributed by atoms with Crippen molar-refractivity contribution in [3.63, 3.8) is 0 Å². The highest BCUT2D eigenvalue weighted by Gasteiger charge is 2.29. The van der Waals surface area contributed by atoms with Crippen molar-refractivity contribution in [1.82, 2.24) is 10.6 Å². The van der Waals surface area contributed by atoms with Crippen molar-refractivity contribution in [3.05, 3.63) is 0 Å². The summed E-state index contributed by atoms with van der Waals surface area (Å²) in [4.78, 5) is 0. The SMILES string of the molecule is CC(C)NCC1CCC1CCCNC1CC1. The molecule has 0 bridgehead atoms. The fraction of sp³-hybridized carbons (Fsp3) is 1.00. The van der Waals surface area contributed by atoms with Gasteiger partial charge in [0.2, 0.25) is 0 Å². The Balaban J connectivity index is 1.48.